The third kappa shape index (κ3) is 5.45. The van der Waals surface area contributed by atoms with Crippen molar-refractivity contribution in [3.63, 3.8) is 0 Å². The molecule has 174 valence electrons. The maximum Gasteiger partial charge on any atom is 1.00 e. The topological polar surface area (TPSA) is 214 Å². The van der Waals surface area contributed by atoms with Gasteiger partial charge in [-0.1, -0.05) is 5.16 Å². The zero-order valence-corrected chi connectivity index (χ0v) is 21.5. The number of thiazole rings is 1. The van der Waals surface area contributed by atoms with E-state index in [0.717, 1.165) is 32.9 Å². The van der Waals surface area contributed by atoms with E-state index >= 15 is 0 Å². The number of nitrogens with one attached hydrogen (secondary N) is 1. The molecule has 0 saturated carbocycles. The van der Waals surface area contributed by atoms with Gasteiger partial charge in [-0.25, -0.2) is 9.78 Å². The van der Waals surface area contributed by atoms with Crippen LogP contribution < -0.4 is 45.7 Å². The van der Waals surface area contributed by atoms with Crippen molar-refractivity contribution in [2.75, 3.05) is 31.7 Å². The van der Waals surface area contributed by atoms with Gasteiger partial charge in [0, 0.05) is 23.8 Å². The Bertz CT molecular complexity index is 1120. The summed E-state index contributed by atoms with van der Waals surface area (Å²) in [4.78, 5) is 54.5. The summed E-state index contributed by atoms with van der Waals surface area (Å²) in [6.45, 7) is -0.647. The normalized spacial score (nSPS) is 19.2. The van der Waals surface area contributed by atoms with E-state index in [1.54, 1.807) is 6.07 Å². The fraction of sp³-hybridized carbons (Fsp3) is 0.353. The number of anilines is 1. The summed E-state index contributed by atoms with van der Waals surface area (Å²) in [6.07, 6.45) is -0.840. The summed E-state index contributed by atoms with van der Waals surface area (Å²) < 4.78 is 5.01. The van der Waals surface area contributed by atoms with E-state index in [9.17, 15) is 29.5 Å². The fourth-order valence-corrected chi connectivity index (χ4v) is 4.91. The number of rotatable bonds is 7. The minimum absolute atomic E-state index is 0. The van der Waals surface area contributed by atoms with Crippen LogP contribution in [0, 0.1) is 11.3 Å². The second-order valence-electron chi connectivity index (χ2n) is 6.69. The van der Waals surface area contributed by atoms with Gasteiger partial charge in [0.25, 0.3) is 11.8 Å². The van der Waals surface area contributed by atoms with Gasteiger partial charge in [-0.15, -0.1) is 23.1 Å². The number of carboxylic acid groups (broad SMARTS) is 1. The number of β-lactam (4-membered cyclic amide) rings is 1. The molecule has 4 N–H and O–H groups in total. The van der Waals surface area contributed by atoms with Crippen LogP contribution in [0.1, 0.15) is 5.69 Å². The van der Waals surface area contributed by atoms with Crippen molar-refractivity contribution < 1.29 is 63.8 Å². The first-order valence-electron chi connectivity index (χ1n) is 9.06. The first kappa shape index (κ1) is 27.4. The summed E-state index contributed by atoms with van der Waals surface area (Å²) in [5, 5.41) is 35.6. The molecule has 1 aromatic rings. The molecule has 1 fully saturated rings. The zero-order chi connectivity index (χ0) is 24.3. The molecule has 1 saturated heterocycles. The van der Waals surface area contributed by atoms with Crippen LogP contribution in [-0.2, 0) is 19.1 Å². The van der Waals surface area contributed by atoms with E-state index in [4.69, 9.17) is 15.7 Å². The Morgan fingerprint density at radius 2 is 2.24 bits per heavy atom. The van der Waals surface area contributed by atoms with Crippen molar-refractivity contribution in [2.24, 2.45) is 5.16 Å². The third-order valence-electron chi connectivity index (χ3n) is 4.60. The molecule has 0 spiro atoms. The molecular formula is C17H16N7NaO7S2. The molecule has 1 aromatic heterocycles. The van der Waals surface area contributed by atoms with Crippen LogP contribution in [-0.4, -0.2) is 86.9 Å². The van der Waals surface area contributed by atoms with E-state index in [1.807, 2.05) is 0 Å². The maximum absolute atomic E-state index is 12.7. The summed E-state index contributed by atoms with van der Waals surface area (Å²) in [7, 11) is 1.33. The molecule has 17 heteroatoms. The predicted octanol–water partition coefficient (Wildman–Crippen LogP) is -5.10. The molecule has 3 heterocycles. The van der Waals surface area contributed by atoms with Crippen LogP contribution in [0.5, 0.6) is 0 Å². The second kappa shape index (κ2) is 11.5. The van der Waals surface area contributed by atoms with Crippen LogP contribution in [0.3, 0.4) is 0 Å². The smallest absolute Gasteiger partial charge is 0.543 e. The summed E-state index contributed by atoms with van der Waals surface area (Å²) >= 11 is 2.15. The van der Waals surface area contributed by atoms with E-state index in [2.05, 4.69) is 15.5 Å². The number of nitrogens with zero attached hydrogens (tertiary/aromatic N) is 5. The van der Waals surface area contributed by atoms with Gasteiger partial charge in [0.2, 0.25) is 0 Å². The number of nitrogen functional groups attached to an aromatic ring is 1. The summed E-state index contributed by atoms with van der Waals surface area (Å²) in [5.41, 5.74) is 4.74. The Morgan fingerprint density at radius 1 is 1.53 bits per heavy atom. The minimum Gasteiger partial charge on any atom is -0.543 e. The Hall–Kier alpha value is -2.84. The number of thioether (sulfide) groups is 1. The molecule has 0 aromatic carbocycles. The van der Waals surface area contributed by atoms with Crippen molar-refractivity contribution in [3.05, 3.63) is 22.3 Å². The van der Waals surface area contributed by atoms with Gasteiger partial charge in [-0.3, -0.25) is 19.4 Å². The summed E-state index contributed by atoms with van der Waals surface area (Å²) in [6, 6.07) is 0.668. The molecule has 2 unspecified atom stereocenters. The standard InChI is InChI=1S/C17H17N7O7S2.Na/c1-23(3-2-18)17(29)31-4-7-5-32-14-10(13(26)24(14)11(7)15(27)28)21-12(25)9(22-30)8-6-33-16(19)20-8;/h6,10,14,30H,3-5H2,1H3,(H2,19,20)(H,21,25)(H,27,28);/q;+1/p-1/b22-9-;. The largest absolute Gasteiger partial charge is 1.00 e. The van der Waals surface area contributed by atoms with Gasteiger partial charge in [-0.05, 0) is 0 Å². The van der Waals surface area contributed by atoms with Gasteiger partial charge in [0.1, 0.15) is 30.3 Å². The van der Waals surface area contributed by atoms with Crippen LogP contribution in [0.15, 0.2) is 21.8 Å². The van der Waals surface area contributed by atoms with Crippen molar-refractivity contribution in [3.8, 4) is 6.07 Å². The number of aromatic nitrogens is 1. The predicted molar refractivity (Wildman–Crippen MR) is 111 cm³/mol. The monoisotopic (exact) mass is 517 g/mol. The average molecular weight is 517 g/mol. The zero-order valence-electron chi connectivity index (χ0n) is 17.9. The average Bonchev–Trinajstić information content (AvgIpc) is 3.21. The quantitative estimate of drug-likeness (QED) is 0.0776. The van der Waals surface area contributed by atoms with Gasteiger partial charge in [0.15, 0.2) is 10.8 Å². The number of aliphatic carboxylic acids is 1. The summed E-state index contributed by atoms with van der Waals surface area (Å²) in [5.74, 6) is -3.21. The number of ether oxygens (including phenoxy) is 1. The van der Waals surface area contributed by atoms with Crippen LogP contribution >= 0.6 is 23.1 Å². The molecule has 2 atom stereocenters. The minimum atomic E-state index is -1.65. The molecule has 34 heavy (non-hydrogen) atoms. The maximum atomic E-state index is 12.7. The Labute approximate surface area is 222 Å². The molecule has 0 bridgehead atoms. The van der Waals surface area contributed by atoms with Gasteiger partial charge < -0.3 is 30.9 Å². The van der Waals surface area contributed by atoms with Crippen molar-refractivity contribution in [1.82, 2.24) is 20.1 Å². The molecule has 0 aliphatic carbocycles. The number of carbonyl (C=O) groups is 4. The van der Waals surface area contributed by atoms with Crippen molar-refractivity contribution in [1.29, 1.82) is 5.26 Å². The molecule has 14 nitrogen and oxygen atoms in total. The van der Waals surface area contributed by atoms with Crippen molar-refractivity contribution >= 4 is 57.8 Å². The van der Waals surface area contributed by atoms with Crippen molar-refractivity contribution in [2.45, 2.75) is 11.4 Å². The Balaban J connectivity index is 0.00000408. The number of oxime groups is 1. The number of hydrogen-bond donors (Lipinski definition) is 3. The number of carbonyl (C=O) groups excluding carboxylic acids is 4. The van der Waals surface area contributed by atoms with Gasteiger partial charge in [-0.2, -0.15) is 5.26 Å². The fourth-order valence-electron chi connectivity index (χ4n) is 3.03. The van der Waals surface area contributed by atoms with Crippen LogP contribution in [0.25, 0.3) is 0 Å². The van der Waals surface area contributed by atoms with E-state index < -0.39 is 53.3 Å². The molecular weight excluding hydrogens is 501 g/mol. The SMILES string of the molecule is CN(CC#N)C(=O)OCC1=C(C(=O)[O-])N2C(=O)C(NC(=O)/C(=N\O)c3csc(N)n3)C2SC1.[Na+]. The van der Waals surface area contributed by atoms with E-state index in [0.29, 0.717) is 0 Å². The number of carboxylic acids is 1. The first-order valence-corrected chi connectivity index (χ1v) is 11.0. The van der Waals surface area contributed by atoms with Gasteiger partial charge in [0.05, 0.1) is 17.7 Å². The number of nitriles is 1. The third-order valence-corrected chi connectivity index (χ3v) is 6.61. The molecule has 2 aliphatic rings. The number of nitrogens with two attached hydrogens (primary N) is 1. The molecule has 0 radical (unpaired) electrons. The second-order valence-corrected chi connectivity index (χ2v) is 8.68. The molecule has 2 aliphatic heterocycles. The van der Waals surface area contributed by atoms with Crippen LogP contribution in [0.4, 0.5) is 9.93 Å². The molecule has 3 rings (SSSR count). The van der Waals surface area contributed by atoms with Crippen LogP contribution in [0.2, 0.25) is 0 Å². The Kier molecular flexibility index (Phi) is 9.29. The Morgan fingerprint density at radius 3 is 2.79 bits per heavy atom. The molecule has 3 amide bonds. The number of hydrogen-bond acceptors (Lipinski definition) is 13. The number of amides is 3. The first-order chi connectivity index (χ1) is 15.7. The van der Waals surface area contributed by atoms with E-state index in [-0.39, 0.29) is 58.3 Å². The van der Waals surface area contributed by atoms with E-state index in [1.165, 1.54) is 12.4 Å². The van der Waals surface area contributed by atoms with Gasteiger partial charge >= 0.3 is 35.7 Å². The number of fused-ring (bicyclic) bond motifs is 1.